The molecule has 1 aliphatic heterocycles. The Hall–Kier alpha value is -2.97. The summed E-state index contributed by atoms with van der Waals surface area (Å²) in [6.07, 6.45) is 0. The third kappa shape index (κ3) is 4.38. The van der Waals surface area contributed by atoms with E-state index in [0.29, 0.717) is 27.6 Å². The first-order valence-electron chi connectivity index (χ1n) is 8.78. The smallest absolute Gasteiger partial charge is 0.288 e. The molecule has 1 atom stereocenters. The van der Waals surface area contributed by atoms with Crippen molar-refractivity contribution in [3.8, 4) is 0 Å². The zero-order valence-electron chi connectivity index (χ0n) is 16.0. The Bertz CT molecular complexity index is 1070. The number of aryl methyl sites for hydroxylation is 2. The molecule has 3 N–H and O–H groups in total. The van der Waals surface area contributed by atoms with E-state index < -0.39 is 11.0 Å². The van der Waals surface area contributed by atoms with Gasteiger partial charge in [0.2, 0.25) is 0 Å². The summed E-state index contributed by atoms with van der Waals surface area (Å²) in [6, 6.07) is 9.55. The molecule has 0 saturated carbocycles. The van der Waals surface area contributed by atoms with Crippen LogP contribution in [0.3, 0.4) is 0 Å². The molecule has 0 bridgehead atoms. The predicted molar refractivity (Wildman–Crippen MR) is 117 cm³/mol. The van der Waals surface area contributed by atoms with E-state index in [2.05, 4.69) is 16.0 Å². The van der Waals surface area contributed by atoms with Crippen LogP contribution in [0.2, 0.25) is 5.02 Å². The van der Waals surface area contributed by atoms with Crippen molar-refractivity contribution >= 4 is 46.2 Å². The quantitative estimate of drug-likeness (QED) is 0.380. The van der Waals surface area contributed by atoms with E-state index in [9.17, 15) is 14.9 Å². The fraction of sp³-hybridized carbons (Fsp3) is 0.200. The maximum Gasteiger partial charge on any atom is 0.288 e. The number of nitro groups is 1. The molecule has 2 aromatic rings. The lowest BCUT2D eigenvalue weighted by Gasteiger charge is -2.30. The van der Waals surface area contributed by atoms with Crippen molar-refractivity contribution in [2.75, 3.05) is 5.32 Å². The molecule has 0 unspecified atom stereocenters. The number of nitrogens with zero attached hydrogens (tertiary/aromatic N) is 1. The molecular formula is C20H19ClN4O3S. The van der Waals surface area contributed by atoms with Gasteiger partial charge in [-0.25, -0.2) is 0 Å². The van der Waals surface area contributed by atoms with Gasteiger partial charge < -0.3 is 16.0 Å². The average molecular weight is 431 g/mol. The molecule has 0 fully saturated rings. The van der Waals surface area contributed by atoms with E-state index >= 15 is 0 Å². The Kier molecular flexibility index (Phi) is 5.86. The molecule has 0 aliphatic carbocycles. The van der Waals surface area contributed by atoms with Gasteiger partial charge in [0, 0.05) is 17.5 Å². The first kappa shape index (κ1) is 20.8. The highest BCUT2D eigenvalue weighted by atomic mass is 35.5. The minimum Gasteiger partial charge on any atom is -0.351 e. The highest BCUT2D eigenvalue weighted by Crippen LogP contribution is 2.33. The maximum absolute atomic E-state index is 13.2. The molecule has 2 aromatic carbocycles. The Morgan fingerprint density at radius 1 is 1.21 bits per heavy atom. The van der Waals surface area contributed by atoms with Crippen molar-refractivity contribution in [2.24, 2.45) is 0 Å². The van der Waals surface area contributed by atoms with Crippen molar-refractivity contribution in [3.05, 3.63) is 79.5 Å². The second-order valence-corrected chi connectivity index (χ2v) is 7.63. The number of nitrogens with one attached hydrogen (secondary N) is 3. The monoisotopic (exact) mass is 430 g/mol. The largest absolute Gasteiger partial charge is 0.351 e. The van der Waals surface area contributed by atoms with Crippen molar-refractivity contribution in [3.63, 3.8) is 0 Å². The normalized spacial score (nSPS) is 16.1. The molecule has 0 aromatic heterocycles. The number of carbonyl (C=O) groups is 1. The molecule has 1 heterocycles. The van der Waals surface area contributed by atoms with Gasteiger partial charge in [-0.2, -0.15) is 0 Å². The predicted octanol–water partition coefficient (Wildman–Crippen LogP) is 4.30. The second-order valence-electron chi connectivity index (χ2n) is 6.81. The van der Waals surface area contributed by atoms with Crippen LogP contribution in [0.15, 0.2) is 47.7 Å². The summed E-state index contributed by atoms with van der Waals surface area (Å²) in [5, 5.41) is 20.5. The van der Waals surface area contributed by atoms with E-state index in [1.54, 1.807) is 13.0 Å². The zero-order valence-corrected chi connectivity index (χ0v) is 17.6. The molecule has 29 heavy (non-hydrogen) atoms. The van der Waals surface area contributed by atoms with Gasteiger partial charge in [0.15, 0.2) is 5.11 Å². The number of halogens is 1. The molecule has 150 valence electrons. The van der Waals surface area contributed by atoms with Crippen LogP contribution in [0.1, 0.15) is 29.7 Å². The van der Waals surface area contributed by atoms with Crippen LogP contribution in [-0.2, 0) is 4.79 Å². The summed E-state index contributed by atoms with van der Waals surface area (Å²) < 4.78 is 0. The van der Waals surface area contributed by atoms with E-state index in [-0.39, 0.29) is 16.6 Å². The van der Waals surface area contributed by atoms with Gasteiger partial charge in [0.05, 0.1) is 16.5 Å². The highest BCUT2D eigenvalue weighted by Gasteiger charge is 2.31. The Labute approximate surface area is 178 Å². The fourth-order valence-electron chi connectivity index (χ4n) is 3.15. The summed E-state index contributed by atoms with van der Waals surface area (Å²) in [4.78, 5) is 23.9. The van der Waals surface area contributed by atoms with Gasteiger partial charge in [-0.05, 0) is 61.8 Å². The number of anilines is 1. The van der Waals surface area contributed by atoms with Gasteiger partial charge in [-0.3, -0.25) is 14.9 Å². The third-order valence-electron chi connectivity index (χ3n) is 4.66. The van der Waals surface area contributed by atoms with E-state index in [1.807, 2.05) is 32.0 Å². The first-order valence-corrected chi connectivity index (χ1v) is 9.56. The molecule has 3 rings (SSSR count). The Morgan fingerprint density at radius 2 is 1.93 bits per heavy atom. The van der Waals surface area contributed by atoms with Crippen LogP contribution in [-0.4, -0.2) is 15.9 Å². The van der Waals surface area contributed by atoms with Gasteiger partial charge in [-0.1, -0.05) is 29.8 Å². The minimum absolute atomic E-state index is 0.0253. The van der Waals surface area contributed by atoms with Crippen molar-refractivity contribution in [1.29, 1.82) is 0 Å². The molecule has 0 saturated heterocycles. The van der Waals surface area contributed by atoms with Crippen LogP contribution in [0, 0.1) is 24.0 Å². The lowest BCUT2D eigenvalue weighted by molar-refractivity contribution is -0.384. The number of thiocarbonyl (C=S) groups is 1. The lowest BCUT2D eigenvalue weighted by atomic mass is 9.94. The topological polar surface area (TPSA) is 96.3 Å². The van der Waals surface area contributed by atoms with E-state index in [0.717, 1.165) is 11.1 Å². The molecular weight excluding hydrogens is 412 g/mol. The van der Waals surface area contributed by atoms with E-state index in [1.165, 1.54) is 12.1 Å². The first-order chi connectivity index (χ1) is 13.7. The Balaban J connectivity index is 2.02. The number of rotatable bonds is 4. The number of amides is 1. The number of nitro benzene ring substituents is 1. The molecule has 0 radical (unpaired) electrons. The summed E-state index contributed by atoms with van der Waals surface area (Å²) in [5.74, 6) is -0.332. The van der Waals surface area contributed by atoms with E-state index in [4.69, 9.17) is 23.8 Å². The number of hydrogen-bond donors (Lipinski definition) is 3. The average Bonchev–Trinajstić information content (AvgIpc) is 2.64. The number of benzene rings is 2. The Morgan fingerprint density at radius 3 is 2.62 bits per heavy atom. The molecule has 0 spiro atoms. The second kappa shape index (κ2) is 8.18. The third-order valence-corrected chi connectivity index (χ3v) is 5.19. The fourth-order valence-corrected chi connectivity index (χ4v) is 3.61. The highest BCUT2D eigenvalue weighted by molar-refractivity contribution is 7.80. The van der Waals surface area contributed by atoms with Crippen LogP contribution < -0.4 is 16.0 Å². The van der Waals surface area contributed by atoms with Crippen molar-refractivity contribution in [2.45, 2.75) is 26.8 Å². The van der Waals surface area contributed by atoms with Crippen molar-refractivity contribution < 1.29 is 9.72 Å². The summed E-state index contributed by atoms with van der Waals surface area (Å²) >= 11 is 11.2. The summed E-state index contributed by atoms with van der Waals surface area (Å²) in [5.41, 5.74) is 3.87. The number of allylic oxidation sites excluding steroid dienone is 1. The SMILES string of the molecule is CC1=C(C(=O)Nc2cc(C)ccc2C)[C@@H](c2ccc(Cl)c([N+](=O)[O-])c2)NC(=S)N1. The van der Waals surface area contributed by atoms with Gasteiger partial charge in [0.1, 0.15) is 5.02 Å². The van der Waals surface area contributed by atoms with Gasteiger partial charge in [0.25, 0.3) is 11.6 Å². The van der Waals surface area contributed by atoms with Crippen LogP contribution >= 0.6 is 23.8 Å². The lowest BCUT2D eigenvalue weighted by Crippen LogP contribution is -2.45. The molecule has 9 heteroatoms. The molecule has 1 amide bonds. The summed E-state index contributed by atoms with van der Waals surface area (Å²) in [6.45, 7) is 5.59. The van der Waals surface area contributed by atoms with Gasteiger partial charge in [-0.15, -0.1) is 0 Å². The number of carbonyl (C=O) groups excluding carboxylic acids is 1. The molecule has 1 aliphatic rings. The van der Waals surface area contributed by atoms with Crippen LogP contribution in [0.5, 0.6) is 0 Å². The van der Waals surface area contributed by atoms with Crippen LogP contribution in [0.4, 0.5) is 11.4 Å². The number of hydrogen-bond acceptors (Lipinski definition) is 4. The standard InChI is InChI=1S/C20H19ClN4O3S/c1-10-4-5-11(2)15(8-10)23-19(26)17-12(3)22-20(29)24-18(17)13-6-7-14(21)16(9-13)25(27)28/h4-9,18H,1-3H3,(H,23,26)(H2,22,24,29)/t18-/m1/s1. The zero-order chi connectivity index (χ0) is 21.3. The molecule has 7 nitrogen and oxygen atoms in total. The van der Waals surface area contributed by atoms with Gasteiger partial charge >= 0.3 is 0 Å². The maximum atomic E-state index is 13.2. The minimum atomic E-state index is -0.662. The van der Waals surface area contributed by atoms with Crippen molar-refractivity contribution in [1.82, 2.24) is 10.6 Å². The van der Waals surface area contributed by atoms with Crippen LogP contribution in [0.25, 0.3) is 0 Å². The summed E-state index contributed by atoms with van der Waals surface area (Å²) in [7, 11) is 0.